The van der Waals surface area contributed by atoms with Gasteiger partial charge in [-0.3, -0.25) is 0 Å². The number of fused-ring (bicyclic) bond motifs is 9. The van der Waals surface area contributed by atoms with Crippen molar-refractivity contribution >= 4 is 82.7 Å². The van der Waals surface area contributed by atoms with Gasteiger partial charge in [-0.25, -0.2) is 0 Å². The highest BCUT2D eigenvalue weighted by Crippen LogP contribution is 2.47. The molecule has 0 aliphatic carbocycles. The van der Waals surface area contributed by atoms with Gasteiger partial charge >= 0.3 is 0 Å². The van der Waals surface area contributed by atoms with E-state index < -0.39 is 0 Å². The molecule has 0 saturated carbocycles. The average molecular weight is 667 g/mol. The van der Waals surface area contributed by atoms with Crippen LogP contribution < -0.4 is 4.90 Å². The van der Waals surface area contributed by atoms with Crippen LogP contribution in [0.4, 0.5) is 17.1 Å². The lowest BCUT2D eigenvalue weighted by atomic mass is 10.0. The van der Waals surface area contributed by atoms with Crippen molar-refractivity contribution in [2.45, 2.75) is 0 Å². The summed E-state index contributed by atoms with van der Waals surface area (Å²) in [5, 5.41) is 6.67. The summed E-state index contributed by atoms with van der Waals surface area (Å²) >= 11 is 0. The quantitative estimate of drug-likeness (QED) is 0.183. The molecule has 0 atom stereocenters. The van der Waals surface area contributed by atoms with E-state index in [1.165, 1.54) is 21.9 Å². The fraction of sp³-hybridized carbons (Fsp3) is 0. The number of nitrogens with zero attached hydrogens (tertiary/aromatic N) is 2. The number of anilines is 3. The third kappa shape index (κ3) is 4.28. The van der Waals surface area contributed by atoms with Crippen LogP contribution in [-0.2, 0) is 0 Å². The SMILES string of the molecule is c1ccc(-c2ccc3c(c2)c2cc(N(c4cccc5c4oc4ccccc45)c4cccc5oc6ccccc6c45)ccc2n3-c2ccccc2)cc1. The molecular weight excluding hydrogens is 637 g/mol. The Balaban J connectivity index is 1.24. The number of benzene rings is 8. The van der Waals surface area contributed by atoms with Crippen LogP contribution >= 0.6 is 0 Å². The van der Waals surface area contributed by atoms with Crippen molar-refractivity contribution in [2.75, 3.05) is 4.90 Å². The van der Waals surface area contributed by atoms with Crippen molar-refractivity contribution in [3.63, 3.8) is 0 Å². The largest absolute Gasteiger partial charge is 0.456 e. The molecule has 11 aromatic rings. The molecule has 4 nitrogen and oxygen atoms in total. The summed E-state index contributed by atoms with van der Waals surface area (Å²) in [6.07, 6.45) is 0. The van der Waals surface area contributed by atoms with Gasteiger partial charge in [0, 0.05) is 38.3 Å². The molecule has 0 saturated heterocycles. The molecule has 244 valence electrons. The van der Waals surface area contributed by atoms with Gasteiger partial charge in [0.2, 0.25) is 0 Å². The van der Waals surface area contributed by atoms with Crippen molar-refractivity contribution in [1.29, 1.82) is 0 Å². The molecule has 0 N–H and O–H groups in total. The lowest BCUT2D eigenvalue weighted by Gasteiger charge is -2.26. The fourth-order valence-electron chi connectivity index (χ4n) is 8.07. The smallest absolute Gasteiger partial charge is 0.159 e. The Hall–Kier alpha value is -7.04. The third-order valence-corrected chi connectivity index (χ3v) is 10.4. The Morgan fingerprint density at radius 3 is 1.83 bits per heavy atom. The van der Waals surface area contributed by atoms with Crippen LogP contribution in [-0.4, -0.2) is 4.57 Å². The molecule has 0 unspecified atom stereocenters. The Labute approximate surface area is 299 Å². The standard InChI is InChI=1S/C48H30N2O2/c1-3-13-31(14-4-1)32-25-27-40-38(29-32)39-30-34(26-28-41(39)49(40)33-15-5-2-6-16-33)50(42-20-12-24-46-47(42)37-18-8-10-23-45(37)51-46)43-21-11-19-36-35-17-7-9-22-44(35)52-48(36)43/h1-30H. The number of hydrogen-bond donors (Lipinski definition) is 0. The highest BCUT2D eigenvalue weighted by atomic mass is 16.3. The van der Waals surface area contributed by atoms with Gasteiger partial charge in [0.1, 0.15) is 16.7 Å². The summed E-state index contributed by atoms with van der Waals surface area (Å²) in [5.74, 6) is 0. The van der Waals surface area contributed by atoms with Crippen LogP contribution in [0.2, 0.25) is 0 Å². The minimum absolute atomic E-state index is 0.840. The van der Waals surface area contributed by atoms with Gasteiger partial charge < -0.3 is 18.3 Å². The minimum Gasteiger partial charge on any atom is -0.456 e. The first-order chi connectivity index (χ1) is 25.8. The van der Waals surface area contributed by atoms with Crippen molar-refractivity contribution in [1.82, 2.24) is 4.57 Å². The lowest BCUT2D eigenvalue weighted by Crippen LogP contribution is -2.10. The molecule has 0 spiro atoms. The second-order valence-corrected chi connectivity index (χ2v) is 13.3. The molecular formula is C48H30N2O2. The highest BCUT2D eigenvalue weighted by Gasteiger charge is 2.24. The second kappa shape index (κ2) is 11.2. The average Bonchev–Trinajstić information content (AvgIpc) is 3.89. The molecule has 0 amide bonds. The van der Waals surface area contributed by atoms with E-state index in [1.54, 1.807) is 0 Å². The van der Waals surface area contributed by atoms with E-state index in [-0.39, 0.29) is 0 Å². The Bertz CT molecular complexity index is 3130. The first-order valence-corrected chi connectivity index (χ1v) is 17.6. The number of furan rings is 2. The van der Waals surface area contributed by atoms with Crippen LogP contribution in [0, 0.1) is 0 Å². The van der Waals surface area contributed by atoms with Crippen molar-refractivity contribution in [3.05, 3.63) is 182 Å². The summed E-state index contributed by atoms with van der Waals surface area (Å²) in [5.41, 5.74) is 12.2. The fourth-order valence-corrected chi connectivity index (χ4v) is 8.07. The highest BCUT2D eigenvalue weighted by molar-refractivity contribution is 6.17. The number of hydrogen-bond acceptors (Lipinski definition) is 3. The summed E-state index contributed by atoms with van der Waals surface area (Å²) in [4.78, 5) is 2.35. The van der Waals surface area contributed by atoms with E-state index in [1.807, 2.05) is 24.3 Å². The van der Waals surface area contributed by atoms with Crippen LogP contribution in [0.25, 0.3) is 82.5 Å². The van der Waals surface area contributed by atoms with Gasteiger partial charge in [-0.1, -0.05) is 109 Å². The van der Waals surface area contributed by atoms with Gasteiger partial charge in [-0.15, -0.1) is 0 Å². The van der Waals surface area contributed by atoms with E-state index in [0.29, 0.717) is 0 Å². The van der Waals surface area contributed by atoms with Gasteiger partial charge in [0.15, 0.2) is 5.58 Å². The summed E-state index contributed by atoms with van der Waals surface area (Å²) in [6, 6.07) is 64.3. The topological polar surface area (TPSA) is 34.5 Å². The molecule has 3 aromatic heterocycles. The zero-order valence-electron chi connectivity index (χ0n) is 28.0. The van der Waals surface area contributed by atoms with E-state index in [0.717, 1.165) is 77.7 Å². The van der Waals surface area contributed by atoms with Crippen molar-refractivity contribution < 1.29 is 8.83 Å². The van der Waals surface area contributed by atoms with Crippen molar-refractivity contribution in [2.24, 2.45) is 0 Å². The van der Waals surface area contributed by atoms with Crippen molar-refractivity contribution in [3.8, 4) is 16.8 Å². The third-order valence-electron chi connectivity index (χ3n) is 10.4. The maximum Gasteiger partial charge on any atom is 0.159 e. The van der Waals surface area contributed by atoms with Gasteiger partial charge in [-0.2, -0.15) is 0 Å². The van der Waals surface area contributed by atoms with Crippen LogP contribution in [0.5, 0.6) is 0 Å². The zero-order valence-corrected chi connectivity index (χ0v) is 28.0. The van der Waals surface area contributed by atoms with Gasteiger partial charge in [0.05, 0.1) is 27.8 Å². The second-order valence-electron chi connectivity index (χ2n) is 13.3. The lowest BCUT2D eigenvalue weighted by molar-refractivity contribution is 0.668. The van der Waals surface area contributed by atoms with Crippen LogP contribution in [0.3, 0.4) is 0 Å². The molecule has 8 aromatic carbocycles. The number of aromatic nitrogens is 1. The first kappa shape index (κ1) is 28.8. The maximum absolute atomic E-state index is 6.70. The summed E-state index contributed by atoms with van der Waals surface area (Å²) in [6.45, 7) is 0. The predicted octanol–water partition coefficient (Wildman–Crippen LogP) is 13.7. The monoisotopic (exact) mass is 666 g/mol. The van der Waals surface area contributed by atoms with E-state index in [2.05, 4.69) is 167 Å². The predicted molar refractivity (Wildman–Crippen MR) is 215 cm³/mol. The van der Waals surface area contributed by atoms with Gasteiger partial charge in [-0.05, 0) is 83.9 Å². The molecule has 52 heavy (non-hydrogen) atoms. The summed E-state index contributed by atoms with van der Waals surface area (Å²) in [7, 11) is 0. The van der Waals surface area contributed by atoms with Crippen LogP contribution in [0.15, 0.2) is 191 Å². The Morgan fingerprint density at radius 1 is 0.385 bits per heavy atom. The molecule has 0 fully saturated rings. The van der Waals surface area contributed by atoms with Crippen LogP contribution in [0.1, 0.15) is 0 Å². The summed E-state index contributed by atoms with van der Waals surface area (Å²) < 4.78 is 15.5. The Kier molecular flexibility index (Phi) is 6.22. The van der Waals surface area contributed by atoms with E-state index >= 15 is 0 Å². The molecule has 0 radical (unpaired) electrons. The van der Waals surface area contributed by atoms with E-state index in [9.17, 15) is 0 Å². The number of rotatable bonds is 5. The zero-order chi connectivity index (χ0) is 34.2. The first-order valence-electron chi connectivity index (χ1n) is 17.6. The molecule has 4 heteroatoms. The maximum atomic E-state index is 6.70. The Morgan fingerprint density at radius 2 is 1.00 bits per heavy atom. The molecule has 3 heterocycles. The number of para-hydroxylation sites is 4. The van der Waals surface area contributed by atoms with Gasteiger partial charge in [0.25, 0.3) is 0 Å². The minimum atomic E-state index is 0.840. The molecule has 0 bridgehead atoms. The molecule has 0 aliphatic heterocycles. The molecule has 11 rings (SSSR count). The normalized spacial score (nSPS) is 11.8. The van der Waals surface area contributed by atoms with E-state index in [4.69, 9.17) is 8.83 Å². The molecule has 0 aliphatic rings.